The third-order valence-electron chi connectivity index (χ3n) is 4.54. The van der Waals surface area contributed by atoms with Crippen molar-refractivity contribution in [2.24, 2.45) is 0 Å². The molecule has 0 atom stereocenters. The lowest BCUT2D eigenvalue weighted by molar-refractivity contribution is 0.344. The minimum absolute atomic E-state index is 0.432. The van der Waals surface area contributed by atoms with Gasteiger partial charge < -0.3 is 18.3 Å². The molecule has 4 heteroatoms. The van der Waals surface area contributed by atoms with Gasteiger partial charge in [-0.3, -0.25) is 0 Å². The number of hydrogen-bond acceptors (Lipinski definition) is 4. The predicted molar refractivity (Wildman–Crippen MR) is 115 cm³/mol. The molecule has 0 spiro atoms. The highest BCUT2D eigenvalue weighted by Crippen LogP contribution is 2.32. The van der Waals surface area contributed by atoms with Crippen LogP contribution in [0.5, 0.6) is 23.4 Å². The maximum atomic E-state index is 5.80. The molecular weight excluding hydrogens is 376 g/mol. The molecule has 0 N–H and O–H groups in total. The third-order valence-corrected chi connectivity index (χ3v) is 4.54. The molecule has 146 valence electrons. The summed E-state index contributed by atoms with van der Waals surface area (Å²) < 4.78 is 23.2. The van der Waals surface area contributed by atoms with Crippen LogP contribution in [-0.2, 0) is 0 Å². The van der Waals surface area contributed by atoms with Gasteiger partial charge in [-0.25, -0.2) is 0 Å². The monoisotopic (exact) mass is 394 g/mol. The highest BCUT2D eigenvalue weighted by Gasteiger charge is 2.08. The van der Waals surface area contributed by atoms with Crippen LogP contribution in [-0.4, -0.2) is 0 Å². The van der Waals surface area contributed by atoms with Crippen LogP contribution in [0, 0.1) is 0 Å². The predicted octanol–water partition coefficient (Wildman–Crippen LogP) is 7.79. The molecule has 30 heavy (non-hydrogen) atoms. The lowest BCUT2D eigenvalue weighted by Crippen LogP contribution is -1.84. The zero-order valence-electron chi connectivity index (χ0n) is 16.0. The summed E-state index contributed by atoms with van der Waals surface area (Å²) in [6.07, 6.45) is 0. The molecular formula is C26H18O4. The maximum Gasteiger partial charge on any atom is 0.290 e. The smallest absolute Gasteiger partial charge is 0.290 e. The minimum Gasteiger partial charge on any atom is -0.426 e. The summed E-state index contributed by atoms with van der Waals surface area (Å²) in [5.74, 6) is 3.69. The highest BCUT2D eigenvalue weighted by molar-refractivity contribution is 5.58. The molecule has 0 aliphatic carbocycles. The Morgan fingerprint density at radius 3 is 1.20 bits per heavy atom. The van der Waals surface area contributed by atoms with Crippen molar-refractivity contribution in [2.45, 2.75) is 0 Å². The van der Waals surface area contributed by atoms with Crippen molar-refractivity contribution < 1.29 is 18.3 Å². The van der Waals surface area contributed by atoms with Gasteiger partial charge in [-0.2, -0.15) is 0 Å². The van der Waals surface area contributed by atoms with Gasteiger partial charge in [0, 0.05) is 23.3 Å². The molecule has 0 amide bonds. The van der Waals surface area contributed by atoms with Crippen LogP contribution >= 0.6 is 0 Å². The van der Waals surface area contributed by atoms with Crippen LogP contribution in [0.25, 0.3) is 22.6 Å². The van der Waals surface area contributed by atoms with Crippen molar-refractivity contribution in [3.05, 3.63) is 109 Å². The summed E-state index contributed by atoms with van der Waals surface area (Å²) in [5, 5.41) is 0. The standard InChI is InChI=1S/C26H18O4/c1-3-7-19(8-4-1)23-15-17-25(29-23)27-21-11-13-22(14-12-21)28-26-18-16-24(30-26)20-9-5-2-6-10-20/h1-18H. The average Bonchev–Trinajstić information content (AvgIpc) is 3.46. The van der Waals surface area contributed by atoms with E-state index in [9.17, 15) is 0 Å². The Hall–Kier alpha value is -4.18. The first-order chi connectivity index (χ1) is 14.8. The summed E-state index contributed by atoms with van der Waals surface area (Å²) in [6.45, 7) is 0. The fraction of sp³-hybridized carbons (Fsp3) is 0. The number of rotatable bonds is 6. The quantitative estimate of drug-likeness (QED) is 0.295. The molecule has 3 aromatic carbocycles. The fourth-order valence-electron chi connectivity index (χ4n) is 3.07. The Balaban J connectivity index is 1.24. The summed E-state index contributed by atoms with van der Waals surface area (Å²) >= 11 is 0. The van der Waals surface area contributed by atoms with E-state index in [1.165, 1.54) is 0 Å². The number of ether oxygens (including phenoxy) is 2. The molecule has 0 saturated heterocycles. The fourth-order valence-corrected chi connectivity index (χ4v) is 3.07. The molecule has 0 aliphatic heterocycles. The number of hydrogen-bond donors (Lipinski definition) is 0. The van der Waals surface area contributed by atoms with E-state index in [0.717, 1.165) is 22.6 Å². The lowest BCUT2D eigenvalue weighted by atomic mass is 10.2. The second-order valence-corrected chi connectivity index (χ2v) is 6.64. The van der Waals surface area contributed by atoms with Crippen LogP contribution in [0.3, 0.4) is 0 Å². The van der Waals surface area contributed by atoms with Gasteiger partial charge in [0.05, 0.1) is 0 Å². The van der Waals surface area contributed by atoms with Crippen molar-refractivity contribution in [3.8, 4) is 46.0 Å². The molecule has 2 heterocycles. The number of benzene rings is 3. The van der Waals surface area contributed by atoms with Gasteiger partial charge in [0.25, 0.3) is 11.9 Å². The Labute approximate surface area is 173 Å². The van der Waals surface area contributed by atoms with Gasteiger partial charge in [-0.15, -0.1) is 0 Å². The Morgan fingerprint density at radius 1 is 0.400 bits per heavy atom. The van der Waals surface area contributed by atoms with Gasteiger partial charge in [0.1, 0.15) is 23.0 Å². The molecule has 5 rings (SSSR count). The SMILES string of the molecule is c1ccc(-c2ccc(Oc3ccc(Oc4ccc(-c5ccccc5)o4)cc3)o2)cc1. The van der Waals surface area contributed by atoms with E-state index in [1.54, 1.807) is 12.1 Å². The second-order valence-electron chi connectivity index (χ2n) is 6.64. The zero-order valence-corrected chi connectivity index (χ0v) is 16.0. The van der Waals surface area contributed by atoms with E-state index in [4.69, 9.17) is 18.3 Å². The van der Waals surface area contributed by atoms with Crippen LogP contribution in [0.2, 0.25) is 0 Å². The van der Waals surface area contributed by atoms with E-state index in [2.05, 4.69) is 0 Å². The van der Waals surface area contributed by atoms with Gasteiger partial charge >= 0.3 is 0 Å². The first-order valence-electron chi connectivity index (χ1n) is 9.60. The first kappa shape index (κ1) is 17.9. The van der Waals surface area contributed by atoms with Gasteiger partial charge in [-0.1, -0.05) is 60.7 Å². The third kappa shape index (κ3) is 3.98. The zero-order chi connectivity index (χ0) is 20.2. The van der Waals surface area contributed by atoms with Crippen molar-refractivity contribution in [3.63, 3.8) is 0 Å². The molecule has 5 aromatic rings. The van der Waals surface area contributed by atoms with Crippen LogP contribution in [0.4, 0.5) is 0 Å². The topological polar surface area (TPSA) is 44.7 Å². The van der Waals surface area contributed by atoms with Crippen LogP contribution in [0.15, 0.2) is 118 Å². The van der Waals surface area contributed by atoms with Crippen molar-refractivity contribution in [1.29, 1.82) is 0 Å². The summed E-state index contributed by atoms with van der Waals surface area (Å²) in [4.78, 5) is 0. The second kappa shape index (κ2) is 8.05. The lowest BCUT2D eigenvalue weighted by Gasteiger charge is -2.05. The summed E-state index contributed by atoms with van der Waals surface area (Å²) in [6, 6.07) is 34.5. The summed E-state index contributed by atoms with van der Waals surface area (Å²) in [5.41, 5.74) is 2.01. The summed E-state index contributed by atoms with van der Waals surface area (Å²) in [7, 11) is 0. The van der Waals surface area contributed by atoms with E-state index in [0.29, 0.717) is 23.4 Å². The molecule has 2 aromatic heterocycles. The van der Waals surface area contributed by atoms with Crippen LogP contribution in [0.1, 0.15) is 0 Å². The van der Waals surface area contributed by atoms with Gasteiger partial charge in [0.15, 0.2) is 0 Å². The van der Waals surface area contributed by atoms with E-state index < -0.39 is 0 Å². The maximum absolute atomic E-state index is 5.80. The Morgan fingerprint density at radius 2 is 0.800 bits per heavy atom. The normalized spacial score (nSPS) is 10.7. The van der Waals surface area contributed by atoms with Gasteiger partial charge in [0.2, 0.25) is 0 Å². The van der Waals surface area contributed by atoms with Crippen LogP contribution < -0.4 is 9.47 Å². The first-order valence-corrected chi connectivity index (χ1v) is 9.60. The molecule has 0 bridgehead atoms. The molecule has 0 radical (unpaired) electrons. The van der Waals surface area contributed by atoms with Crippen molar-refractivity contribution in [1.82, 2.24) is 0 Å². The molecule has 0 aliphatic rings. The van der Waals surface area contributed by atoms with Crippen molar-refractivity contribution >= 4 is 0 Å². The molecule has 0 fully saturated rings. The Kier molecular flexibility index (Phi) is 4.80. The highest BCUT2D eigenvalue weighted by atomic mass is 16.6. The minimum atomic E-state index is 0.432. The van der Waals surface area contributed by atoms with E-state index in [-0.39, 0.29) is 0 Å². The van der Waals surface area contributed by atoms with E-state index >= 15 is 0 Å². The molecule has 4 nitrogen and oxygen atoms in total. The van der Waals surface area contributed by atoms with E-state index in [1.807, 2.05) is 97.1 Å². The van der Waals surface area contributed by atoms with Gasteiger partial charge in [-0.05, 0) is 36.4 Å². The average molecular weight is 394 g/mol. The molecule has 0 saturated carbocycles. The Bertz CT molecular complexity index is 1120. The molecule has 0 unspecified atom stereocenters. The van der Waals surface area contributed by atoms with Crippen molar-refractivity contribution in [2.75, 3.05) is 0 Å². The number of furan rings is 2. The largest absolute Gasteiger partial charge is 0.426 e.